The number of aromatic nitrogens is 1. The molecule has 6 nitrogen and oxygen atoms in total. The van der Waals surface area contributed by atoms with Crippen LogP contribution in [-0.2, 0) is 16.0 Å². The van der Waals surface area contributed by atoms with E-state index < -0.39 is 0 Å². The summed E-state index contributed by atoms with van der Waals surface area (Å²) in [5.74, 6) is 1.09. The number of likely N-dealkylation sites (tertiary alicyclic amines) is 1. The summed E-state index contributed by atoms with van der Waals surface area (Å²) in [5, 5.41) is 4.35. The fourth-order valence-corrected chi connectivity index (χ4v) is 3.97. The van der Waals surface area contributed by atoms with Crippen molar-refractivity contribution < 1.29 is 14.0 Å². The Kier molecular flexibility index (Phi) is 6.37. The van der Waals surface area contributed by atoms with Gasteiger partial charge in [-0.25, -0.2) is 4.98 Å². The molecule has 1 aromatic carbocycles. The summed E-state index contributed by atoms with van der Waals surface area (Å²) in [6.45, 7) is 3.12. The molecule has 2 amide bonds. The van der Waals surface area contributed by atoms with Gasteiger partial charge in [-0.3, -0.25) is 9.59 Å². The molecule has 1 aliphatic rings. The molecule has 3 aromatic rings. The van der Waals surface area contributed by atoms with E-state index in [0.29, 0.717) is 36.8 Å². The Hall–Kier alpha value is -3.12. The standard InChI is InChI=1S/C24H24ClN3O3/c1-2-20-19(18-5-3-4-6-21(18)31-20)8-10-23(29)28-13-11-16(12-14-28)24(30)27-22-9-7-17(25)15-26-22/h3-10,15-16H,2,11-14H2,1H3,(H,26,27,30)/b10-8+. The number of nitrogens with zero attached hydrogens (tertiary/aromatic N) is 2. The van der Waals surface area contributed by atoms with Crippen molar-refractivity contribution in [1.82, 2.24) is 9.88 Å². The Morgan fingerprint density at radius 3 is 2.71 bits per heavy atom. The smallest absolute Gasteiger partial charge is 0.246 e. The van der Waals surface area contributed by atoms with E-state index in [9.17, 15) is 9.59 Å². The second-order valence-electron chi connectivity index (χ2n) is 7.57. The third-order valence-electron chi connectivity index (χ3n) is 5.58. The van der Waals surface area contributed by atoms with Crippen molar-refractivity contribution in [3.8, 4) is 0 Å². The summed E-state index contributed by atoms with van der Waals surface area (Å²) >= 11 is 5.82. The maximum absolute atomic E-state index is 12.7. The van der Waals surface area contributed by atoms with Crippen LogP contribution in [0.5, 0.6) is 0 Å². The minimum Gasteiger partial charge on any atom is -0.460 e. The maximum Gasteiger partial charge on any atom is 0.246 e. The highest BCUT2D eigenvalue weighted by Crippen LogP contribution is 2.27. The molecular formula is C24H24ClN3O3. The van der Waals surface area contributed by atoms with Gasteiger partial charge in [0.15, 0.2) is 0 Å². The molecule has 0 radical (unpaired) electrons. The molecule has 0 bridgehead atoms. The number of fused-ring (bicyclic) bond motifs is 1. The number of rotatable bonds is 5. The number of anilines is 1. The number of furan rings is 1. The second kappa shape index (κ2) is 9.35. The number of carbonyl (C=O) groups is 2. The average Bonchev–Trinajstić information content (AvgIpc) is 3.16. The fraction of sp³-hybridized carbons (Fsp3) is 0.292. The van der Waals surface area contributed by atoms with E-state index in [2.05, 4.69) is 10.3 Å². The molecule has 0 atom stereocenters. The number of carbonyl (C=O) groups excluding carboxylic acids is 2. The number of pyridine rings is 1. The van der Waals surface area contributed by atoms with Crippen LogP contribution in [0.15, 0.2) is 53.1 Å². The minimum atomic E-state index is -0.144. The van der Waals surface area contributed by atoms with E-state index in [4.69, 9.17) is 16.0 Å². The molecule has 0 spiro atoms. The molecule has 160 valence electrons. The summed E-state index contributed by atoms with van der Waals surface area (Å²) in [7, 11) is 0. The number of para-hydroxylation sites is 1. The Labute approximate surface area is 185 Å². The van der Waals surface area contributed by atoms with Crippen LogP contribution in [0.1, 0.15) is 31.1 Å². The average molecular weight is 438 g/mol. The summed E-state index contributed by atoms with van der Waals surface area (Å²) in [5.41, 5.74) is 1.78. The molecule has 7 heteroatoms. The highest BCUT2D eigenvalue weighted by atomic mass is 35.5. The number of benzene rings is 1. The number of nitrogens with one attached hydrogen (secondary N) is 1. The monoisotopic (exact) mass is 437 g/mol. The minimum absolute atomic E-state index is 0.0504. The number of hydrogen-bond donors (Lipinski definition) is 1. The topological polar surface area (TPSA) is 75.4 Å². The Morgan fingerprint density at radius 2 is 2.00 bits per heavy atom. The van der Waals surface area contributed by atoms with Gasteiger partial charge in [0.1, 0.15) is 17.2 Å². The third kappa shape index (κ3) is 4.80. The van der Waals surface area contributed by atoms with Crippen molar-refractivity contribution in [2.75, 3.05) is 18.4 Å². The van der Waals surface area contributed by atoms with Crippen LogP contribution in [0, 0.1) is 5.92 Å². The molecule has 0 aliphatic carbocycles. The van der Waals surface area contributed by atoms with Crippen molar-refractivity contribution in [1.29, 1.82) is 0 Å². The van der Waals surface area contributed by atoms with Gasteiger partial charge in [0, 0.05) is 48.7 Å². The maximum atomic E-state index is 12.7. The first-order valence-corrected chi connectivity index (χ1v) is 10.8. The lowest BCUT2D eigenvalue weighted by molar-refractivity contribution is -0.130. The number of hydrogen-bond acceptors (Lipinski definition) is 4. The van der Waals surface area contributed by atoms with Crippen LogP contribution in [0.4, 0.5) is 5.82 Å². The molecule has 4 rings (SSSR count). The lowest BCUT2D eigenvalue weighted by atomic mass is 9.96. The van der Waals surface area contributed by atoms with Crippen LogP contribution >= 0.6 is 11.6 Å². The lowest BCUT2D eigenvalue weighted by Crippen LogP contribution is -2.40. The molecule has 0 unspecified atom stereocenters. The Balaban J connectivity index is 1.35. The third-order valence-corrected chi connectivity index (χ3v) is 5.80. The highest BCUT2D eigenvalue weighted by molar-refractivity contribution is 6.30. The van der Waals surface area contributed by atoms with Gasteiger partial charge in [0.05, 0.1) is 5.02 Å². The molecule has 1 fully saturated rings. The zero-order valence-corrected chi connectivity index (χ0v) is 18.1. The van der Waals surface area contributed by atoms with Crippen LogP contribution in [0.3, 0.4) is 0 Å². The fourth-order valence-electron chi connectivity index (χ4n) is 3.86. The predicted molar refractivity (Wildman–Crippen MR) is 122 cm³/mol. The van der Waals surface area contributed by atoms with E-state index in [1.54, 1.807) is 23.1 Å². The normalized spacial score (nSPS) is 15.0. The first-order valence-electron chi connectivity index (χ1n) is 10.4. The molecule has 1 saturated heterocycles. The molecule has 3 heterocycles. The summed E-state index contributed by atoms with van der Waals surface area (Å²) in [6.07, 6.45) is 6.94. The zero-order chi connectivity index (χ0) is 21.8. The van der Waals surface area contributed by atoms with E-state index in [1.165, 1.54) is 6.20 Å². The predicted octanol–water partition coefficient (Wildman–Crippen LogP) is 4.93. The second-order valence-corrected chi connectivity index (χ2v) is 8.01. The number of aryl methyl sites for hydroxylation is 1. The van der Waals surface area contributed by atoms with Gasteiger partial charge in [-0.05, 0) is 37.1 Å². The molecule has 1 N–H and O–H groups in total. The van der Waals surface area contributed by atoms with Gasteiger partial charge in [0.2, 0.25) is 11.8 Å². The Morgan fingerprint density at radius 1 is 1.23 bits per heavy atom. The SMILES string of the molecule is CCc1oc2ccccc2c1/C=C/C(=O)N1CCC(C(=O)Nc2ccc(Cl)cn2)CC1. The van der Waals surface area contributed by atoms with E-state index in [-0.39, 0.29) is 17.7 Å². The number of piperidine rings is 1. The quantitative estimate of drug-likeness (QED) is 0.574. The van der Waals surface area contributed by atoms with Gasteiger partial charge < -0.3 is 14.6 Å². The van der Waals surface area contributed by atoms with E-state index >= 15 is 0 Å². The first-order chi connectivity index (χ1) is 15.0. The molecule has 31 heavy (non-hydrogen) atoms. The number of amides is 2. The van der Waals surface area contributed by atoms with E-state index in [1.807, 2.05) is 37.3 Å². The van der Waals surface area contributed by atoms with Gasteiger partial charge >= 0.3 is 0 Å². The summed E-state index contributed by atoms with van der Waals surface area (Å²) in [4.78, 5) is 31.1. The summed E-state index contributed by atoms with van der Waals surface area (Å²) < 4.78 is 5.89. The van der Waals surface area contributed by atoms with Crippen LogP contribution < -0.4 is 5.32 Å². The van der Waals surface area contributed by atoms with Gasteiger partial charge in [-0.2, -0.15) is 0 Å². The van der Waals surface area contributed by atoms with Crippen molar-refractivity contribution in [3.63, 3.8) is 0 Å². The molecular weight excluding hydrogens is 414 g/mol. The van der Waals surface area contributed by atoms with Gasteiger partial charge in [-0.15, -0.1) is 0 Å². The summed E-state index contributed by atoms with van der Waals surface area (Å²) in [6, 6.07) is 11.2. The van der Waals surface area contributed by atoms with Gasteiger partial charge in [-0.1, -0.05) is 36.7 Å². The van der Waals surface area contributed by atoms with Crippen LogP contribution in [-0.4, -0.2) is 34.8 Å². The zero-order valence-electron chi connectivity index (χ0n) is 17.3. The van der Waals surface area contributed by atoms with Crippen molar-refractivity contribution in [2.45, 2.75) is 26.2 Å². The first kappa shape index (κ1) is 21.1. The van der Waals surface area contributed by atoms with E-state index in [0.717, 1.165) is 28.7 Å². The van der Waals surface area contributed by atoms with Crippen molar-refractivity contribution in [3.05, 3.63) is 65.0 Å². The number of halogens is 1. The van der Waals surface area contributed by atoms with Crippen LogP contribution in [0.2, 0.25) is 5.02 Å². The van der Waals surface area contributed by atoms with Gasteiger partial charge in [0.25, 0.3) is 0 Å². The highest BCUT2D eigenvalue weighted by Gasteiger charge is 2.27. The largest absolute Gasteiger partial charge is 0.460 e. The molecule has 1 aliphatic heterocycles. The lowest BCUT2D eigenvalue weighted by Gasteiger charge is -2.30. The van der Waals surface area contributed by atoms with Crippen molar-refractivity contribution >= 4 is 46.3 Å². The molecule has 2 aromatic heterocycles. The van der Waals surface area contributed by atoms with Crippen molar-refractivity contribution in [2.24, 2.45) is 5.92 Å². The molecule has 0 saturated carbocycles. The Bertz CT molecular complexity index is 1110. The van der Waals surface area contributed by atoms with Crippen LogP contribution in [0.25, 0.3) is 17.0 Å².